The standard InChI is InChI=1S/C22H24ClNO4/c23-19-8-6-18(7-9-19)21(25)10-11-22(26)28-16-20-15-24(12-13-27-20)14-17-4-2-1-3-5-17/h1-9,20H,10-16H2. The van der Waals surface area contributed by atoms with E-state index in [1.54, 1.807) is 24.3 Å². The normalized spacial score (nSPS) is 17.2. The summed E-state index contributed by atoms with van der Waals surface area (Å²) < 4.78 is 11.0. The van der Waals surface area contributed by atoms with E-state index in [9.17, 15) is 9.59 Å². The lowest BCUT2D eigenvalue weighted by Crippen LogP contribution is -2.44. The number of nitrogens with zero attached hydrogens (tertiary/aromatic N) is 1. The van der Waals surface area contributed by atoms with E-state index in [4.69, 9.17) is 21.1 Å². The van der Waals surface area contributed by atoms with Crippen molar-refractivity contribution in [2.45, 2.75) is 25.5 Å². The summed E-state index contributed by atoms with van der Waals surface area (Å²) in [5.74, 6) is -0.484. The highest BCUT2D eigenvalue weighted by Crippen LogP contribution is 2.13. The molecule has 0 spiro atoms. The number of benzene rings is 2. The molecule has 1 aliphatic rings. The van der Waals surface area contributed by atoms with Crippen LogP contribution in [0.5, 0.6) is 0 Å². The van der Waals surface area contributed by atoms with Gasteiger partial charge in [0, 0.05) is 36.6 Å². The molecule has 0 aromatic heterocycles. The second-order valence-electron chi connectivity index (χ2n) is 6.83. The molecular weight excluding hydrogens is 378 g/mol. The van der Waals surface area contributed by atoms with Gasteiger partial charge in [-0.25, -0.2) is 0 Å². The van der Waals surface area contributed by atoms with Gasteiger partial charge in [0.1, 0.15) is 12.7 Å². The lowest BCUT2D eigenvalue weighted by atomic mass is 10.1. The summed E-state index contributed by atoms with van der Waals surface area (Å²) in [5, 5.41) is 0.574. The zero-order valence-corrected chi connectivity index (χ0v) is 16.4. The molecular formula is C22H24ClNO4. The van der Waals surface area contributed by atoms with Gasteiger partial charge < -0.3 is 9.47 Å². The smallest absolute Gasteiger partial charge is 0.306 e. The van der Waals surface area contributed by atoms with Gasteiger partial charge in [-0.2, -0.15) is 0 Å². The van der Waals surface area contributed by atoms with Gasteiger partial charge in [0.2, 0.25) is 0 Å². The Labute approximate surface area is 170 Å². The van der Waals surface area contributed by atoms with Crippen LogP contribution in [-0.2, 0) is 20.8 Å². The molecule has 2 aromatic rings. The van der Waals surface area contributed by atoms with Crippen molar-refractivity contribution in [3.8, 4) is 0 Å². The molecule has 0 bridgehead atoms. The Balaban J connectivity index is 1.38. The van der Waals surface area contributed by atoms with Crippen molar-refractivity contribution in [2.24, 2.45) is 0 Å². The number of carbonyl (C=O) groups excluding carboxylic acids is 2. The topological polar surface area (TPSA) is 55.8 Å². The lowest BCUT2D eigenvalue weighted by Gasteiger charge is -2.32. The first kappa shape index (κ1) is 20.5. The van der Waals surface area contributed by atoms with Crippen molar-refractivity contribution in [1.82, 2.24) is 4.90 Å². The van der Waals surface area contributed by atoms with Crippen molar-refractivity contribution in [1.29, 1.82) is 0 Å². The number of halogens is 1. The third-order valence-corrected chi connectivity index (χ3v) is 4.88. The maximum Gasteiger partial charge on any atom is 0.306 e. The maximum atomic E-state index is 12.1. The highest BCUT2D eigenvalue weighted by Gasteiger charge is 2.22. The SMILES string of the molecule is O=C(CCC(=O)c1ccc(Cl)cc1)OCC1CN(Cc2ccccc2)CCO1. The van der Waals surface area contributed by atoms with Gasteiger partial charge in [-0.1, -0.05) is 41.9 Å². The molecule has 1 aliphatic heterocycles. The van der Waals surface area contributed by atoms with Gasteiger partial charge in [0.25, 0.3) is 0 Å². The Hall–Kier alpha value is -2.21. The molecule has 6 heteroatoms. The molecule has 1 fully saturated rings. The van der Waals surface area contributed by atoms with Crippen LogP contribution >= 0.6 is 11.6 Å². The number of ether oxygens (including phenoxy) is 2. The first-order chi connectivity index (χ1) is 13.6. The Morgan fingerprint density at radius 2 is 1.82 bits per heavy atom. The van der Waals surface area contributed by atoms with Gasteiger partial charge in [0.05, 0.1) is 13.0 Å². The second-order valence-corrected chi connectivity index (χ2v) is 7.26. The van der Waals surface area contributed by atoms with Crippen LogP contribution in [-0.4, -0.2) is 49.1 Å². The summed E-state index contributed by atoms with van der Waals surface area (Å²) in [6.07, 6.45) is 0.0296. The van der Waals surface area contributed by atoms with Crippen LogP contribution in [0.2, 0.25) is 5.02 Å². The third kappa shape index (κ3) is 6.44. The summed E-state index contributed by atoms with van der Waals surface area (Å²) in [6.45, 7) is 3.24. The van der Waals surface area contributed by atoms with Crippen LogP contribution in [0, 0.1) is 0 Å². The number of morpholine rings is 1. The molecule has 0 saturated carbocycles. The lowest BCUT2D eigenvalue weighted by molar-refractivity contribution is -0.150. The summed E-state index contributed by atoms with van der Waals surface area (Å²) >= 11 is 5.81. The summed E-state index contributed by atoms with van der Waals surface area (Å²) in [6, 6.07) is 16.9. The highest BCUT2D eigenvalue weighted by atomic mass is 35.5. The molecule has 1 unspecified atom stereocenters. The molecule has 148 valence electrons. The van der Waals surface area contributed by atoms with Crippen LogP contribution in [0.1, 0.15) is 28.8 Å². The number of rotatable bonds is 8. The molecule has 3 rings (SSSR count). The minimum Gasteiger partial charge on any atom is -0.463 e. The number of ketones is 1. The van der Waals surface area contributed by atoms with Crippen LogP contribution in [0.15, 0.2) is 54.6 Å². The number of esters is 1. The number of carbonyl (C=O) groups is 2. The number of hydrogen-bond acceptors (Lipinski definition) is 5. The fourth-order valence-corrected chi connectivity index (χ4v) is 3.25. The van der Waals surface area contributed by atoms with E-state index in [-0.39, 0.29) is 37.3 Å². The Kier molecular flexibility index (Phi) is 7.60. The monoisotopic (exact) mass is 401 g/mol. The molecule has 0 aliphatic carbocycles. The van der Waals surface area contributed by atoms with E-state index in [1.807, 2.05) is 18.2 Å². The molecule has 0 radical (unpaired) electrons. The van der Waals surface area contributed by atoms with Crippen molar-refractivity contribution >= 4 is 23.4 Å². The molecule has 2 aromatic carbocycles. The summed E-state index contributed by atoms with van der Waals surface area (Å²) in [4.78, 5) is 26.4. The maximum absolute atomic E-state index is 12.1. The predicted molar refractivity (Wildman–Crippen MR) is 107 cm³/mol. The zero-order valence-electron chi connectivity index (χ0n) is 15.7. The Morgan fingerprint density at radius 1 is 1.07 bits per heavy atom. The van der Waals surface area contributed by atoms with Crippen molar-refractivity contribution in [3.05, 3.63) is 70.7 Å². The van der Waals surface area contributed by atoms with Gasteiger partial charge in [-0.3, -0.25) is 14.5 Å². The summed E-state index contributed by atoms with van der Waals surface area (Å²) in [5.41, 5.74) is 1.80. The second kappa shape index (κ2) is 10.4. The minimum absolute atomic E-state index is 0.0574. The fourth-order valence-electron chi connectivity index (χ4n) is 3.12. The number of hydrogen-bond donors (Lipinski definition) is 0. The summed E-state index contributed by atoms with van der Waals surface area (Å²) in [7, 11) is 0. The van der Waals surface area contributed by atoms with Crippen LogP contribution < -0.4 is 0 Å². The zero-order chi connectivity index (χ0) is 19.8. The molecule has 5 nitrogen and oxygen atoms in total. The van der Waals surface area contributed by atoms with E-state index < -0.39 is 0 Å². The third-order valence-electron chi connectivity index (χ3n) is 4.62. The Bertz CT molecular complexity index is 779. The quantitative estimate of drug-likeness (QED) is 0.498. The Morgan fingerprint density at radius 3 is 2.57 bits per heavy atom. The van der Waals surface area contributed by atoms with E-state index in [2.05, 4.69) is 17.0 Å². The van der Waals surface area contributed by atoms with Gasteiger partial charge in [-0.05, 0) is 29.8 Å². The molecule has 1 atom stereocenters. The van der Waals surface area contributed by atoms with Gasteiger partial charge >= 0.3 is 5.97 Å². The predicted octanol–water partition coefficient (Wildman–Crippen LogP) is 3.75. The van der Waals surface area contributed by atoms with E-state index in [1.165, 1.54) is 5.56 Å². The highest BCUT2D eigenvalue weighted by molar-refractivity contribution is 6.30. The van der Waals surface area contributed by atoms with Gasteiger partial charge in [0.15, 0.2) is 5.78 Å². The van der Waals surface area contributed by atoms with E-state index in [0.29, 0.717) is 23.7 Å². The molecule has 0 amide bonds. The molecule has 1 heterocycles. The first-order valence-electron chi connectivity index (χ1n) is 9.42. The van der Waals surface area contributed by atoms with Crippen LogP contribution in [0.4, 0.5) is 0 Å². The average molecular weight is 402 g/mol. The van der Waals surface area contributed by atoms with Crippen LogP contribution in [0.3, 0.4) is 0 Å². The van der Waals surface area contributed by atoms with E-state index in [0.717, 1.165) is 13.1 Å². The van der Waals surface area contributed by atoms with Crippen molar-refractivity contribution in [2.75, 3.05) is 26.3 Å². The minimum atomic E-state index is -0.383. The number of Topliss-reactive ketones (excluding diaryl/α,β-unsaturated/α-hetero) is 1. The molecule has 28 heavy (non-hydrogen) atoms. The molecule has 1 saturated heterocycles. The van der Waals surface area contributed by atoms with Crippen molar-refractivity contribution in [3.63, 3.8) is 0 Å². The van der Waals surface area contributed by atoms with E-state index >= 15 is 0 Å². The average Bonchev–Trinajstić information content (AvgIpc) is 2.72. The van der Waals surface area contributed by atoms with Crippen LogP contribution in [0.25, 0.3) is 0 Å². The molecule has 0 N–H and O–H groups in total. The largest absolute Gasteiger partial charge is 0.463 e. The first-order valence-corrected chi connectivity index (χ1v) is 9.80. The van der Waals surface area contributed by atoms with Crippen molar-refractivity contribution < 1.29 is 19.1 Å². The fraction of sp³-hybridized carbons (Fsp3) is 0.364. The van der Waals surface area contributed by atoms with Gasteiger partial charge in [-0.15, -0.1) is 0 Å².